The highest BCUT2D eigenvalue weighted by atomic mass is 15.0. The molecule has 0 bridgehead atoms. The largest absolute Gasteiger partial charge is 0.310 e. The van der Waals surface area contributed by atoms with Crippen LogP contribution in [0.5, 0.6) is 0 Å². The lowest BCUT2D eigenvalue weighted by Crippen LogP contribution is -2.59. The van der Waals surface area contributed by atoms with Crippen molar-refractivity contribution in [1.29, 1.82) is 0 Å². The molecule has 14 aromatic rings. The summed E-state index contributed by atoms with van der Waals surface area (Å²) in [6, 6.07) is 95.5. The second kappa shape index (κ2) is 16.3. The second-order valence-corrected chi connectivity index (χ2v) is 20.1. The first-order valence-electron chi connectivity index (χ1n) is 25.8. The molecule has 0 aliphatic carbocycles. The summed E-state index contributed by atoms with van der Waals surface area (Å²) in [4.78, 5) is 10.7. The Hall–Kier alpha value is -9.84. The van der Waals surface area contributed by atoms with Crippen LogP contribution in [0.2, 0.25) is 0 Å². The molecule has 0 atom stereocenters. The van der Waals surface area contributed by atoms with Crippen molar-refractivity contribution in [1.82, 2.24) is 19.1 Å². The first-order chi connectivity index (χ1) is 37.2. The van der Waals surface area contributed by atoms with Crippen LogP contribution in [-0.2, 0) is 0 Å². The van der Waals surface area contributed by atoms with Gasteiger partial charge in [-0.2, -0.15) is 0 Å². The third kappa shape index (κ3) is 6.44. The van der Waals surface area contributed by atoms with Crippen LogP contribution >= 0.6 is 0 Å². The predicted molar refractivity (Wildman–Crippen MR) is 313 cm³/mol. The average Bonchev–Trinajstić information content (AvgIpc) is 4.04. The van der Waals surface area contributed by atoms with E-state index >= 15 is 0 Å². The van der Waals surface area contributed by atoms with Crippen molar-refractivity contribution in [2.45, 2.75) is 0 Å². The summed E-state index contributed by atoms with van der Waals surface area (Å²) in [6.45, 7) is -0.109. The topological polar surface area (TPSA) is 35.6 Å². The lowest BCUT2D eigenvalue weighted by molar-refractivity contribution is 1.14. The van der Waals surface area contributed by atoms with E-state index in [1.807, 2.05) is 6.07 Å². The molecular formula is C70H43BN4. The van der Waals surface area contributed by atoms with Crippen molar-refractivity contribution >= 4 is 66.7 Å². The minimum absolute atomic E-state index is 0.109. The van der Waals surface area contributed by atoms with E-state index in [0.29, 0.717) is 5.82 Å². The maximum atomic E-state index is 5.50. The van der Waals surface area contributed by atoms with E-state index in [1.165, 1.54) is 105 Å². The van der Waals surface area contributed by atoms with Gasteiger partial charge in [0.25, 0.3) is 6.71 Å². The van der Waals surface area contributed by atoms with E-state index in [4.69, 9.17) is 9.97 Å². The van der Waals surface area contributed by atoms with Crippen LogP contribution in [0.25, 0.3) is 133 Å². The molecule has 0 saturated heterocycles. The van der Waals surface area contributed by atoms with Crippen molar-refractivity contribution in [2.75, 3.05) is 0 Å². The molecule has 11 aromatic carbocycles. The second-order valence-electron chi connectivity index (χ2n) is 20.1. The number of aromatic nitrogens is 4. The number of rotatable bonds is 7. The lowest BCUT2D eigenvalue weighted by Gasteiger charge is -2.34. The summed E-state index contributed by atoms with van der Waals surface area (Å²) < 4.78 is 5.17. The fraction of sp³-hybridized carbons (Fsp3) is 0. The SMILES string of the molecule is c1ccc(-c2ccc3c(c2)c2cc(-c4ccccc4)cc4c2n3-c2cc(-c3cc(-c5ccccc5)nc(-c5ccccc5)n3)cc3c2B4c2cc(-c4ccccc4)cc4c5cc(-c6ccccc6)ccc5n-3c24)cc1. The Morgan fingerprint density at radius 1 is 0.267 bits per heavy atom. The van der Waals surface area contributed by atoms with Gasteiger partial charge in [-0.05, 0) is 115 Å². The summed E-state index contributed by atoms with van der Waals surface area (Å²) in [5, 5.41) is 4.94. The molecule has 5 heterocycles. The fourth-order valence-corrected chi connectivity index (χ4v) is 12.5. The van der Waals surface area contributed by atoms with Gasteiger partial charge in [-0.1, -0.05) is 206 Å². The van der Waals surface area contributed by atoms with Gasteiger partial charge < -0.3 is 9.13 Å². The van der Waals surface area contributed by atoms with E-state index in [0.717, 1.165) is 39.5 Å². The molecule has 2 aliphatic rings. The van der Waals surface area contributed by atoms with Gasteiger partial charge in [-0.25, -0.2) is 9.97 Å². The molecule has 0 radical (unpaired) electrons. The molecule has 0 saturated carbocycles. The van der Waals surface area contributed by atoms with Crippen molar-refractivity contribution in [3.05, 3.63) is 261 Å². The number of benzene rings is 11. The summed E-state index contributed by atoms with van der Waals surface area (Å²) in [5.74, 6) is 0.693. The molecular weight excluding hydrogens is 908 g/mol. The highest BCUT2D eigenvalue weighted by Crippen LogP contribution is 2.44. The van der Waals surface area contributed by atoms with E-state index in [9.17, 15) is 0 Å². The zero-order chi connectivity index (χ0) is 49.1. The molecule has 5 heteroatoms. The fourth-order valence-electron chi connectivity index (χ4n) is 12.5. The smallest absolute Gasteiger partial charge is 0.252 e. The van der Waals surface area contributed by atoms with Crippen molar-refractivity contribution in [2.24, 2.45) is 0 Å². The van der Waals surface area contributed by atoms with Gasteiger partial charge in [0, 0.05) is 60.6 Å². The monoisotopic (exact) mass is 950 g/mol. The number of nitrogens with zero attached hydrogens (tertiary/aromatic N) is 4. The highest BCUT2D eigenvalue weighted by Gasteiger charge is 2.42. The van der Waals surface area contributed by atoms with Crippen molar-refractivity contribution in [3.63, 3.8) is 0 Å². The van der Waals surface area contributed by atoms with Gasteiger partial charge in [-0.3, -0.25) is 0 Å². The molecule has 2 aliphatic heterocycles. The van der Waals surface area contributed by atoms with Crippen LogP contribution in [0.4, 0.5) is 0 Å². The lowest BCUT2D eigenvalue weighted by atomic mass is 9.34. The first-order valence-corrected chi connectivity index (χ1v) is 25.8. The van der Waals surface area contributed by atoms with Crippen LogP contribution in [0.3, 0.4) is 0 Å². The molecule has 0 spiro atoms. The Kier molecular flexibility index (Phi) is 9.10. The summed E-state index contributed by atoms with van der Waals surface area (Å²) in [6.07, 6.45) is 0. The molecule has 75 heavy (non-hydrogen) atoms. The van der Waals surface area contributed by atoms with E-state index < -0.39 is 0 Å². The Bertz CT molecular complexity index is 4320. The number of hydrogen-bond acceptors (Lipinski definition) is 2. The summed E-state index contributed by atoms with van der Waals surface area (Å²) in [7, 11) is 0. The van der Waals surface area contributed by atoms with Gasteiger partial charge in [-0.15, -0.1) is 0 Å². The number of fused-ring (bicyclic) bond motifs is 10. The van der Waals surface area contributed by atoms with Crippen LogP contribution in [0, 0.1) is 0 Å². The average molecular weight is 951 g/mol. The molecule has 0 N–H and O–H groups in total. The molecule has 346 valence electrons. The molecule has 16 rings (SSSR count). The Labute approximate surface area is 434 Å². The standard InChI is InChI=1S/C70H43BN4/c1-7-19-44(20-8-1)50-31-33-63-55(35-50)57-37-52(46-23-11-3-12-24-46)39-59-68(57)74(63)65-41-54(62-43-61(48-27-15-5-16-28-48)72-70(73-62)49-29-17-6-18-30-49)42-66-67(65)71(59)60-40-53(47-25-13-4-14-26-47)38-58-56-36-51(45-21-9-2-10-22-45)32-34-64(56)75(66)69(58)60/h1-43H. The molecule has 4 nitrogen and oxygen atoms in total. The zero-order valence-corrected chi connectivity index (χ0v) is 40.7. The molecule has 3 aromatic heterocycles. The van der Waals surface area contributed by atoms with Gasteiger partial charge in [0.05, 0.1) is 22.4 Å². The first kappa shape index (κ1) is 41.7. The Balaban J connectivity index is 1.07. The maximum absolute atomic E-state index is 5.50. The van der Waals surface area contributed by atoms with Gasteiger partial charge in [0.15, 0.2) is 5.82 Å². The van der Waals surface area contributed by atoms with Gasteiger partial charge in [0.1, 0.15) is 0 Å². The minimum atomic E-state index is -0.109. The Morgan fingerprint density at radius 3 is 1.05 bits per heavy atom. The van der Waals surface area contributed by atoms with Crippen molar-refractivity contribution < 1.29 is 0 Å². The normalized spacial score (nSPS) is 12.2. The van der Waals surface area contributed by atoms with Gasteiger partial charge in [0.2, 0.25) is 0 Å². The van der Waals surface area contributed by atoms with Crippen LogP contribution in [0.1, 0.15) is 0 Å². The van der Waals surface area contributed by atoms with Crippen LogP contribution in [0.15, 0.2) is 261 Å². The highest BCUT2D eigenvalue weighted by molar-refractivity contribution is 7.00. The minimum Gasteiger partial charge on any atom is -0.310 e. The van der Waals surface area contributed by atoms with E-state index in [2.05, 4.69) is 264 Å². The van der Waals surface area contributed by atoms with Crippen LogP contribution < -0.4 is 16.4 Å². The zero-order valence-electron chi connectivity index (χ0n) is 40.7. The van der Waals surface area contributed by atoms with Crippen LogP contribution in [-0.4, -0.2) is 25.8 Å². The molecule has 0 amide bonds. The molecule has 0 unspecified atom stereocenters. The Morgan fingerprint density at radius 2 is 0.627 bits per heavy atom. The van der Waals surface area contributed by atoms with Gasteiger partial charge >= 0.3 is 0 Å². The van der Waals surface area contributed by atoms with Crippen molar-refractivity contribution in [3.8, 4) is 89.8 Å². The maximum Gasteiger partial charge on any atom is 0.252 e. The quantitative estimate of drug-likeness (QED) is 0.149. The van der Waals surface area contributed by atoms with E-state index in [-0.39, 0.29) is 6.71 Å². The summed E-state index contributed by atoms with van der Waals surface area (Å²) >= 11 is 0. The molecule has 0 fully saturated rings. The van der Waals surface area contributed by atoms with E-state index in [1.54, 1.807) is 0 Å². The third-order valence-corrected chi connectivity index (χ3v) is 15.9. The third-order valence-electron chi connectivity index (χ3n) is 15.9. The summed E-state index contributed by atoms with van der Waals surface area (Å²) in [5.41, 5.74) is 25.4. The predicted octanol–water partition coefficient (Wildman–Crippen LogP) is 15.5. The number of hydrogen-bond donors (Lipinski definition) is 0.